The van der Waals surface area contributed by atoms with Gasteiger partial charge in [-0.25, -0.2) is 13.9 Å². The van der Waals surface area contributed by atoms with Gasteiger partial charge in [-0.05, 0) is 61.0 Å². The Morgan fingerprint density at radius 2 is 1.71 bits per heavy atom. The molecule has 0 spiro atoms. The van der Waals surface area contributed by atoms with E-state index >= 15 is 0 Å². The van der Waals surface area contributed by atoms with Crippen LogP contribution in [0.3, 0.4) is 0 Å². The highest BCUT2D eigenvalue weighted by atomic mass is 19.1. The number of aromatic nitrogens is 2. The van der Waals surface area contributed by atoms with Gasteiger partial charge in [0.2, 0.25) is 5.91 Å². The van der Waals surface area contributed by atoms with E-state index in [2.05, 4.69) is 15.7 Å². The third-order valence-electron chi connectivity index (χ3n) is 5.12. The monoisotopic (exact) mass is 473 g/mol. The first-order valence-corrected chi connectivity index (χ1v) is 10.9. The summed E-state index contributed by atoms with van der Waals surface area (Å²) in [5.41, 5.74) is 7.29. The number of anilines is 1. The number of nitrogens with one attached hydrogen (secondary N) is 2. The summed E-state index contributed by atoms with van der Waals surface area (Å²) in [6.07, 6.45) is -0.0919. The Hall–Kier alpha value is -4.66. The number of rotatable bonds is 8. The molecule has 0 bridgehead atoms. The molecule has 1 atom stereocenters. The van der Waals surface area contributed by atoms with E-state index in [1.807, 2.05) is 30.3 Å². The molecule has 0 aliphatic heterocycles. The number of ether oxygens (including phenoxy) is 1. The Morgan fingerprint density at radius 1 is 1.00 bits per heavy atom. The van der Waals surface area contributed by atoms with E-state index in [0.717, 1.165) is 0 Å². The second-order valence-corrected chi connectivity index (χ2v) is 7.86. The minimum absolute atomic E-state index is 0.0919. The van der Waals surface area contributed by atoms with Gasteiger partial charge in [0.1, 0.15) is 23.1 Å². The zero-order valence-electron chi connectivity index (χ0n) is 18.9. The lowest BCUT2D eigenvalue weighted by atomic mass is 10.0. The number of aryl methyl sites for hydroxylation is 1. The third kappa shape index (κ3) is 6.23. The van der Waals surface area contributed by atoms with Gasteiger partial charge < -0.3 is 21.1 Å². The van der Waals surface area contributed by atoms with Crippen molar-refractivity contribution in [2.24, 2.45) is 5.73 Å². The molecule has 1 unspecified atom stereocenters. The van der Waals surface area contributed by atoms with Crippen LogP contribution in [0, 0.1) is 12.7 Å². The van der Waals surface area contributed by atoms with Gasteiger partial charge >= 0.3 is 6.03 Å². The van der Waals surface area contributed by atoms with Crippen LogP contribution in [0.25, 0.3) is 5.69 Å². The maximum absolute atomic E-state index is 13.3. The van der Waals surface area contributed by atoms with Crippen molar-refractivity contribution in [1.82, 2.24) is 15.1 Å². The summed E-state index contributed by atoms with van der Waals surface area (Å²) in [7, 11) is 0. The van der Waals surface area contributed by atoms with E-state index in [4.69, 9.17) is 10.5 Å². The molecule has 35 heavy (non-hydrogen) atoms. The maximum atomic E-state index is 13.3. The molecule has 0 saturated carbocycles. The molecule has 4 rings (SSSR count). The lowest BCUT2D eigenvalue weighted by molar-refractivity contribution is -0.116. The molecule has 4 N–H and O–H groups in total. The fraction of sp³-hybridized carbons (Fsp3) is 0.115. The number of para-hydroxylation sites is 1. The first kappa shape index (κ1) is 23.5. The third-order valence-corrected chi connectivity index (χ3v) is 5.12. The van der Waals surface area contributed by atoms with Gasteiger partial charge in [0.25, 0.3) is 0 Å². The number of hydrogen-bond acceptors (Lipinski definition) is 4. The first-order chi connectivity index (χ1) is 16.9. The molecule has 0 radical (unpaired) electrons. The highest BCUT2D eigenvalue weighted by molar-refractivity contribution is 5.91. The van der Waals surface area contributed by atoms with Crippen LogP contribution in [0.2, 0.25) is 0 Å². The number of hydrogen-bond donors (Lipinski definition) is 3. The van der Waals surface area contributed by atoms with Gasteiger partial charge in [-0.1, -0.05) is 30.3 Å². The van der Waals surface area contributed by atoms with Crippen molar-refractivity contribution in [1.29, 1.82) is 0 Å². The number of benzene rings is 3. The van der Waals surface area contributed by atoms with E-state index in [1.165, 1.54) is 16.8 Å². The highest BCUT2D eigenvalue weighted by Gasteiger charge is 2.20. The molecule has 0 aliphatic rings. The molecule has 0 saturated heterocycles. The van der Waals surface area contributed by atoms with Crippen molar-refractivity contribution in [2.45, 2.75) is 19.4 Å². The molecule has 3 amide bonds. The van der Waals surface area contributed by atoms with Gasteiger partial charge in [-0.2, -0.15) is 5.10 Å². The number of primary amides is 1. The van der Waals surface area contributed by atoms with Crippen molar-refractivity contribution in [3.63, 3.8) is 0 Å². The Balaban J connectivity index is 1.52. The molecule has 1 aromatic heterocycles. The Bertz CT molecular complexity index is 1320. The van der Waals surface area contributed by atoms with Gasteiger partial charge in [0.05, 0.1) is 23.8 Å². The van der Waals surface area contributed by atoms with E-state index in [1.54, 1.807) is 49.4 Å². The number of halogens is 1. The minimum atomic E-state index is -0.760. The largest absolute Gasteiger partial charge is 0.457 e. The molecule has 1 heterocycles. The maximum Gasteiger partial charge on any atom is 0.312 e. The van der Waals surface area contributed by atoms with Crippen LogP contribution >= 0.6 is 0 Å². The summed E-state index contributed by atoms with van der Waals surface area (Å²) in [6, 6.07) is 22.3. The summed E-state index contributed by atoms with van der Waals surface area (Å²) in [5, 5.41) is 9.81. The average Bonchev–Trinajstić information content (AvgIpc) is 3.19. The first-order valence-electron chi connectivity index (χ1n) is 10.9. The van der Waals surface area contributed by atoms with Crippen LogP contribution in [0.5, 0.6) is 11.5 Å². The van der Waals surface area contributed by atoms with Crippen molar-refractivity contribution in [3.05, 3.63) is 102 Å². The van der Waals surface area contributed by atoms with E-state index in [-0.39, 0.29) is 18.1 Å². The molecular formula is C26H24FN5O3. The number of amides is 3. The molecule has 3 aromatic carbocycles. The van der Waals surface area contributed by atoms with Crippen LogP contribution < -0.4 is 21.1 Å². The second-order valence-electron chi connectivity index (χ2n) is 7.86. The highest BCUT2D eigenvalue weighted by Crippen LogP contribution is 2.26. The molecule has 0 fully saturated rings. The van der Waals surface area contributed by atoms with E-state index in [9.17, 15) is 14.0 Å². The fourth-order valence-corrected chi connectivity index (χ4v) is 3.59. The van der Waals surface area contributed by atoms with Crippen LogP contribution in [0.15, 0.2) is 84.9 Å². The molecule has 4 aromatic rings. The van der Waals surface area contributed by atoms with Crippen molar-refractivity contribution in [2.75, 3.05) is 5.32 Å². The number of nitrogens with two attached hydrogens (primary N) is 1. The van der Waals surface area contributed by atoms with E-state index < -0.39 is 12.1 Å². The normalized spacial score (nSPS) is 11.5. The topological polar surface area (TPSA) is 111 Å². The molecular weight excluding hydrogens is 449 g/mol. The van der Waals surface area contributed by atoms with Crippen LogP contribution in [-0.4, -0.2) is 21.7 Å². The minimum Gasteiger partial charge on any atom is -0.457 e. The van der Waals surface area contributed by atoms with E-state index in [0.29, 0.717) is 34.3 Å². The zero-order chi connectivity index (χ0) is 24.8. The van der Waals surface area contributed by atoms with Crippen LogP contribution in [-0.2, 0) is 4.79 Å². The lowest BCUT2D eigenvalue weighted by Crippen LogP contribution is -2.35. The molecule has 8 nitrogen and oxygen atoms in total. The summed E-state index contributed by atoms with van der Waals surface area (Å²) in [4.78, 5) is 24.6. The van der Waals surface area contributed by atoms with Crippen molar-refractivity contribution < 1.29 is 18.7 Å². The molecule has 0 aliphatic carbocycles. The lowest BCUT2D eigenvalue weighted by Gasteiger charge is -2.19. The number of urea groups is 1. The summed E-state index contributed by atoms with van der Waals surface area (Å²) >= 11 is 0. The smallest absolute Gasteiger partial charge is 0.312 e. The Labute approximate surface area is 201 Å². The summed E-state index contributed by atoms with van der Waals surface area (Å²) in [5.74, 6) is 0.878. The predicted molar refractivity (Wildman–Crippen MR) is 130 cm³/mol. The Kier molecular flexibility index (Phi) is 7.06. The fourth-order valence-electron chi connectivity index (χ4n) is 3.59. The molecule has 178 valence electrons. The van der Waals surface area contributed by atoms with Crippen LogP contribution in [0.4, 0.5) is 15.0 Å². The molecule has 9 heteroatoms. The van der Waals surface area contributed by atoms with Gasteiger partial charge in [0, 0.05) is 6.07 Å². The quantitative estimate of drug-likeness (QED) is 0.340. The van der Waals surface area contributed by atoms with Gasteiger partial charge in [0.15, 0.2) is 0 Å². The summed E-state index contributed by atoms with van der Waals surface area (Å²) < 4.78 is 20.7. The van der Waals surface area contributed by atoms with Crippen molar-refractivity contribution >= 4 is 17.8 Å². The number of carbonyl (C=O) groups is 2. The van der Waals surface area contributed by atoms with Crippen molar-refractivity contribution in [3.8, 4) is 17.2 Å². The van der Waals surface area contributed by atoms with Gasteiger partial charge in [-0.15, -0.1) is 0 Å². The Morgan fingerprint density at radius 3 is 2.43 bits per heavy atom. The average molecular weight is 474 g/mol. The second kappa shape index (κ2) is 10.5. The van der Waals surface area contributed by atoms with Gasteiger partial charge in [-0.3, -0.25) is 4.79 Å². The van der Waals surface area contributed by atoms with Crippen LogP contribution in [0.1, 0.15) is 23.7 Å². The number of nitrogens with zero attached hydrogens (tertiary/aromatic N) is 2. The predicted octanol–water partition coefficient (Wildman–Crippen LogP) is 4.85. The zero-order valence-corrected chi connectivity index (χ0v) is 18.9. The number of carbonyl (C=O) groups excluding carboxylic acids is 2. The standard InChI is InChI=1S/C26H24FN5O3/c1-17-14-24(32(31-17)20-12-10-19(27)11-13-20)30-25(33)16-23(29-26(28)34)18-6-5-9-22(15-18)35-21-7-3-2-4-8-21/h2-15,23H,16H2,1H3,(H,30,33)(H3,28,29,34). The summed E-state index contributed by atoms with van der Waals surface area (Å²) in [6.45, 7) is 1.78. The SMILES string of the molecule is Cc1cc(NC(=O)CC(NC(N)=O)c2cccc(Oc3ccccc3)c2)n(-c2ccc(F)cc2)n1.